The van der Waals surface area contributed by atoms with Gasteiger partial charge < -0.3 is 10.6 Å². The SMILES string of the molecule is O=C(NCCCCl)C(=O)NC1CCCC1. The summed E-state index contributed by atoms with van der Waals surface area (Å²) in [5.41, 5.74) is 0. The van der Waals surface area contributed by atoms with Crippen LogP contribution in [0.5, 0.6) is 0 Å². The van der Waals surface area contributed by atoms with Crippen molar-refractivity contribution >= 4 is 23.4 Å². The number of carbonyl (C=O) groups is 2. The Morgan fingerprint density at radius 3 is 2.47 bits per heavy atom. The summed E-state index contributed by atoms with van der Waals surface area (Å²) in [6.07, 6.45) is 4.93. The molecule has 1 rings (SSSR count). The van der Waals surface area contributed by atoms with E-state index < -0.39 is 11.8 Å². The average Bonchev–Trinajstić information content (AvgIpc) is 2.70. The van der Waals surface area contributed by atoms with Crippen LogP contribution in [0.25, 0.3) is 0 Å². The van der Waals surface area contributed by atoms with E-state index in [9.17, 15) is 9.59 Å². The third kappa shape index (κ3) is 4.51. The van der Waals surface area contributed by atoms with E-state index in [1.807, 2.05) is 0 Å². The molecule has 0 aliphatic heterocycles. The lowest BCUT2D eigenvalue weighted by Gasteiger charge is -2.11. The monoisotopic (exact) mass is 232 g/mol. The predicted molar refractivity (Wildman–Crippen MR) is 58.7 cm³/mol. The molecule has 2 N–H and O–H groups in total. The second-order valence-electron chi connectivity index (χ2n) is 3.75. The average molecular weight is 233 g/mol. The lowest BCUT2D eigenvalue weighted by molar-refractivity contribution is -0.139. The maximum absolute atomic E-state index is 11.3. The van der Waals surface area contributed by atoms with Gasteiger partial charge in [-0.1, -0.05) is 12.8 Å². The van der Waals surface area contributed by atoms with Gasteiger partial charge in [0.1, 0.15) is 0 Å². The summed E-state index contributed by atoms with van der Waals surface area (Å²) in [5.74, 6) is -0.576. The smallest absolute Gasteiger partial charge is 0.309 e. The second kappa shape index (κ2) is 6.67. The Hall–Kier alpha value is -0.770. The van der Waals surface area contributed by atoms with Gasteiger partial charge in [-0.05, 0) is 19.3 Å². The van der Waals surface area contributed by atoms with Crippen LogP contribution in [0.2, 0.25) is 0 Å². The van der Waals surface area contributed by atoms with E-state index in [0.717, 1.165) is 25.7 Å². The molecule has 0 aromatic carbocycles. The third-order valence-corrected chi connectivity index (χ3v) is 2.76. The molecule has 0 radical (unpaired) electrons. The van der Waals surface area contributed by atoms with Gasteiger partial charge in [0.15, 0.2) is 0 Å². The van der Waals surface area contributed by atoms with Crippen molar-refractivity contribution in [1.82, 2.24) is 10.6 Å². The Morgan fingerprint density at radius 1 is 1.20 bits per heavy atom. The van der Waals surface area contributed by atoms with Gasteiger partial charge in [0.2, 0.25) is 0 Å². The van der Waals surface area contributed by atoms with Gasteiger partial charge in [0.25, 0.3) is 0 Å². The fraction of sp³-hybridized carbons (Fsp3) is 0.800. The highest BCUT2D eigenvalue weighted by Gasteiger charge is 2.20. The standard InChI is InChI=1S/C10H17ClN2O2/c11-6-3-7-12-9(14)10(15)13-8-4-1-2-5-8/h8H,1-7H2,(H,12,14)(H,13,15). The van der Waals surface area contributed by atoms with Crippen LogP contribution in [0.1, 0.15) is 32.1 Å². The van der Waals surface area contributed by atoms with Crippen molar-refractivity contribution < 1.29 is 9.59 Å². The molecule has 1 saturated carbocycles. The predicted octanol–water partition coefficient (Wildman–Crippen LogP) is 0.790. The van der Waals surface area contributed by atoms with Crippen LogP contribution in [-0.4, -0.2) is 30.3 Å². The molecule has 0 spiro atoms. The third-order valence-electron chi connectivity index (χ3n) is 2.49. The Kier molecular flexibility index (Phi) is 5.47. The van der Waals surface area contributed by atoms with Crippen molar-refractivity contribution in [2.24, 2.45) is 0 Å². The Morgan fingerprint density at radius 2 is 1.87 bits per heavy atom. The summed E-state index contributed by atoms with van der Waals surface area (Å²) in [6, 6.07) is 0.191. The number of nitrogens with one attached hydrogen (secondary N) is 2. The first-order chi connectivity index (χ1) is 7.24. The maximum atomic E-state index is 11.3. The van der Waals surface area contributed by atoms with Crippen molar-refractivity contribution in [3.05, 3.63) is 0 Å². The molecule has 0 bridgehead atoms. The number of alkyl halides is 1. The van der Waals surface area contributed by atoms with Crippen molar-refractivity contribution in [2.45, 2.75) is 38.1 Å². The molecule has 15 heavy (non-hydrogen) atoms. The first kappa shape index (κ1) is 12.3. The van der Waals surface area contributed by atoms with Gasteiger partial charge in [-0.3, -0.25) is 9.59 Å². The minimum atomic E-state index is -0.549. The fourth-order valence-corrected chi connectivity index (χ4v) is 1.80. The number of carbonyl (C=O) groups excluding carboxylic acids is 2. The molecule has 0 aromatic heterocycles. The van der Waals surface area contributed by atoms with E-state index in [1.54, 1.807) is 0 Å². The molecule has 1 fully saturated rings. The molecule has 0 heterocycles. The number of rotatable bonds is 4. The highest BCUT2D eigenvalue weighted by Crippen LogP contribution is 2.17. The molecule has 0 atom stereocenters. The lowest BCUT2D eigenvalue weighted by atomic mass is 10.2. The first-order valence-corrected chi connectivity index (χ1v) is 5.92. The second-order valence-corrected chi connectivity index (χ2v) is 4.13. The summed E-state index contributed by atoms with van der Waals surface area (Å²) < 4.78 is 0. The molecule has 5 heteroatoms. The molecule has 2 amide bonds. The Balaban J connectivity index is 2.17. The molecule has 0 saturated heterocycles. The summed E-state index contributed by atoms with van der Waals surface area (Å²) in [6.45, 7) is 0.459. The Bertz CT molecular complexity index is 227. The molecule has 0 unspecified atom stereocenters. The van der Waals surface area contributed by atoms with Gasteiger partial charge in [0, 0.05) is 18.5 Å². The number of hydrogen-bond donors (Lipinski definition) is 2. The van der Waals surface area contributed by atoms with Gasteiger partial charge in [-0.15, -0.1) is 11.6 Å². The van der Waals surface area contributed by atoms with Crippen molar-refractivity contribution in [3.63, 3.8) is 0 Å². The molecule has 4 nitrogen and oxygen atoms in total. The van der Waals surface area contributed by atoms with Gasteiger partial charge in [-0.25, -0.2) is 0 Å². The van der Waals surface area contributed by atoms with Crippen LogP contribution in [-0.2, 0) is 9.59 Å². The normalized spacial score (nSPS) is 16.3. The maximum Gasteiger partial charge on any atom is 0.309 e. The van der Waals surface area contributed by atoms with Crippen LogP contribution in [0.3, 0.4) is 0 Å². The quantitative estimate of drug-likeness (QED) is 0.428. The molecule has 86 valence electrons. The number of amides is 2. The largest absolute Gasteiger partial charge is 0.348 e. The molecule has 1 aliphatic rings. The van der Waals surface area contributed by atoms with E-state index in [1.165, 1.54) is 0 Å². The minimum absolute atomic E-state index is 0.191. The summed E-state index contributed by atoms with van der Waals surface area (Å²) >= 11 is 5.45. The van der Waals surface area contributed by atoms with E-state index in [0.29, 0.717) is 18.8 Å². The number of hydrogen-bond acceptors (Lipinski definition) is 2. The highest BCUT2D eigenvalue weighted by atomic mass is 35.5. The zero-order valence-electron chi connectivity index (χ0n) is 8.72. The van der Waals surface area contributed by atoms with Crippen LogP contribution in [0.15, 0.2) is 0 Å². The fourth-order valence-electron chi connectivity index (χ4n) is 1.67. The van der Waals surface area contributed by atoms with Crippen LogP contribution in [0.4, 0.5) is 0 Å². The molecule has 1 aliphatic carbocycles. The van der Waals surface area contributed by atoms with E-state index >= 15 is 0 Å². The minimum Gasteiger partial charge on any atom is -0.348 e. The zero-order valence-corrected chi connectivity index (χ0v) is 9.48. The van der Waals surface area contributed by atoms with Gasteiger partial charge in [0.05, 0.1) is 0 Å². The molecular formula is C10H17ClN2O2. The highest BCUT2D eigenvalue weighted by molar-refractivity contribution is 6.35. The lowest BCUT2D eigenvalue weighted by Crippen LogP contribution is -2.44. The summed E-state index contributed by atoms with van der Waals surface area (Å²) in [4.78, 5) is 22.6. The number of halogens is 1. The van der Waals surface area contributed by atoms with Gasteiger partial charge >= 0.3 is 11.8 Å². The van der Waals surface area contributed by atoms with Crippen LogP contribution >= 0.6 is 11.6 Å². The zero-order chi connectivity index (χ0) is 11.1. The first-order valence-electron chi connectivity index (χ1n) is 5.38. The van der Waals surface area contributed by atoms with Crippen LogP contribution < -0.4 is 10.6 Å². The van der Waals surface area contributed by atoms with Crippen molar-refractivity contribution in [2.75, 3.05) is 12.4 Å². The summed E-state index contributed by atoms with van der Waals surface area (Å²) in [7, 11) is 0. The van der Waals surface area contributed by atoms with Crippen LogP contribution in [0, 0.1) is 0 Å². The molecular weight excluding hydrogens is 216 g/mol. The van der Waals surface area contributed by atoms with Gasteiger partial charge in [-0.2, -0.15) is 0 Å². The summed E-state index contributed by atoms with van der Waals surface area (Å²) in [5, 5.41) is 5.24. The van der Waals surface area contributed by atoms with E-state index in [-0.39, 0.29) is 6.04 Å². The molecule has 0 aromatic rings. The van der Waals surface area contributed by atoms with E-state index in [4.69, 9.17) is 11.6 Å². The topological polar surface area (TPSA) is 58.2 Å². The van der Waals surface area contributed by atoms with Crippen molar-refractivity contribution in [1.29, 1.82) is 0 Å². The van der Waals surface area contributed by atoms with E-state index in [2.05, 4.69) is 10.6 Å². The van der Waals surface area contributed by atoms with Crippen molar-refractivity contribution in [3.8, 4) is 0 Å². The Labute approximate surface area is 94.7 Å².